The molecule has 0 aliphatic rings. The molecule has 2 aromatic carbocycles. The van der Waals surface area contributed by atoms with E-state index in [0.29, 0.717) is 11.6 Å². The van der Waals surface area contributed by atoms with Gasteiger partial charge in [0.15, 0.2) is 0 Å². The van der Waals surface area contributed by atoms with E-state index in [2.05, 4.69) is 19.1 Å². The van der Waals surface area contributed by atoms with Crippen LogP contribution in [0.25, 0.3) is 22.3 Å². The molecule has 0 amide bonds. The molecule has 0 saturated carbocycles. The summed E-state index contributed by atoms with van der Waals surface area (Å²) >= 11 is 5.99. The Morgan fingerprint density at radius 3 is 2.74 bits per heavy atom. The lowest BCUT2D eigenvalue weighted by atomic mass is 10.0. The average Bonchev–Trinajstić information content (AvgIpc) is 2.82. The Balaban J connectivity index is 2.18. The number of hydrogen-bond acceptors (Lipinski definition) is 2. The number of halogens is 1. The van der Waals surface area contributed by atoms with Gasteiger partial charge in [0, 0.05) is 22.5 Å². The highest BCUT2D eigenvalue weighted by molar-refractivity contribution is 6.31. The molecular weight excluding hydrogens is 258 g/mol. The summed E-state index contributed by atoms with van der Waals surface area (Å²) in [5.74, 6) is 0.852. The van der Waals surface area contributed by atoms with Gasteiger partial charge < -0.3 is 10.2 Å². The fraction of sp³-hybridized carbons (Fsp3) is 0.125. The smallest absolute Gasteiger partial charge is 0.135 e. The molecule has 2 nitrogen and oxygen atoms in total. The van der Waals surface area contributed by atoms with Gasteiger partial charge in [-0.2, -0.15) is 0 Å². The van der Waals surface area contributed by atoms with Crippen molar-refractivity contribution in [2.45, 2.75) is 13.5 Å². The summed E-state index contributed by atoms with van der Waals surface area (Å²) in [4.78, 5) is 0. The molecule has 0 radical (unpaired) electrons. The predicted molar refractivity (Wildman–Crippen MR) is 79.3 cm³/mol. The summed E-state index contributed by atoms with van der Waals surface area (Å²) in [6.07, 6.45) is 0. The van der Waals surface area contributed by atoms with Crippen LogP contribution in [0, 0.1) is 6.92 Å². The van der Waals surface area contributed by atoms with Gasteiger partial charge in [0.1, 0.15) is 11.3 Å². The zero-order chi connectivity index (χ0) is 13.4. The summed E-state index contributed by atoms with van der Waals surface area (Å²) in [7, 11) is 0. The molecule has 0 fully saturated rings. The number of aryl methyl sites for hydroxylation is 1. The molecule has 0 atom stereocenters. The van der Waals surface area contributed by atoms with Gasteiger partial charge in [0.2, 0.25) is 0 Å². The quantitative estimate of drug-likeness (QED) is 0.744. The first-order chi connectivity index (χ1) is 9.17. The predicted octanol–water partition coefficient (Wildman–Crippen LogP) is 4.52. The number of rotatable bonds is 2. The van der Waals surface area contributed by atoms with Crippen LogP contribution < -0.4 is 5.73 Å². The maximum atomic E-state index is 5.99. The Morgan fingerprint density at radius 1 is 1.11 bits per heavy atom. The van der Waals surface area contributed by atoms with Gasteiger partial charge in [0.05, 0.1) is 0 Å². The van der Waals surface area contributed by atoms with Crippen molar-refractivity contribution in [3.63, 3.8) is 0 Å². The lowest BCUT2D eigenvalue weighted by Gasteiger charge is -2.04. The van der Waals surface area contributed by atoms with Crippen LogP contribution in [0.4, 0.5) is 0 Å². The van der Waals surface area contributed by atoms with Crippen molar-refractivity contribution in [3.05, 3.63) is 58.6 Å². The van der Waals surface area contributed by atoms with Crippen LogP contribution in [0.2, 0.25) is 5.02 Å². The highest BCUT2D eigenvalue weighted by Crippen LogP contribution is 2.31. The van der Waals surface area contributed by atoms with E-state index in [9.17, 15) is 0 Å². The Labute approximate surface area is 116 Å². The van der Waals surface area contributed by atoms with Crippen LogP contribution >= 0.6 is 11.6 Å². The molecular formula is C16H14ClNO. The number of furan rings is 1. The fourth-order valence-corrected chi connectivity index (χ4v) is 2.39. The van der Waals surface area contributed by atoms with Crippen molar-refractivity contribution in [2.75, 3.05) is 0 Å². The van der Waals surface area contributed by atoms with Crippen LogP contribution in [0.5, 0.6) is 0 Å². The van der Waals surface area contributed by atoms with Gasteiger partial charge >= 0.3 is 0 Å². The molecule has 0 bridgehead atoms. The van der Waals surface area contributed by atoms with E-state index in [4.69, 9.17) is 21.8 Å². The normalized spacial score (nSPS) is 11.1. The molecule has 1 aromatic heterocycles. The van der Waals surface area contributed by atoms with Gasteiger partial charge in [-0.15, -0.1) is 0 Å². The Bertz CT molecular complexity index is 746. The third kappa shape index (κ3) is 2.25. The topological polar surface area (TPSA) is 39.2 Å². The van der Waals surface area contributed by atoms with Crippen LogP contribution in [0.15, 0.2) is 46.9 Å². The van der Waals surface area contributed by atoms with Crippen molar-refractivity contribution in [3.8, 4) is 11.3 Å². The van der Waals surface area contributed by atoms with Crippen molar-refractivity contribution in [1.29, 1.82) is 0 Å². The third-order valence-corrected chi connectivity index (χ3v) is 3.52. The molecule has 2 N–H and O–H groups in total. The molecule has 0 aliphatic carbocycles. The number of benzene rings is 2. The van der Waals surface area contributed by atoms with Crippen molar-refractivity contribution >= 4 is 22.6 Å². The third-order valence-electron chi connectivity index (χ3n) is 3.28. The molecule has 0 unspecified atom stereocenters. The summed E-state index contributed by atoms with van der Waals surface area (Å²) in [5, 5.41) is 1.73. The number of fused-ring (bicyclic) bond motifs is 1. The van der Waals surface area contributed by atoms with Crippen LogP contribution in [-0.4, -0.2) is 0 Å². The minimum atomic E-state index is 0.527. The van der Waals surface area contributed by atoms with Crippen LogP contribution in [0.3, 0.4) is 0 Å². The highest BCUT2D eigenvalue weighted by atomic mass is 35.5. The van der Waals surface area contributed by atoms with Gasteiger partial charge in [0.25, 0.3) is 0 Å². The number of hydrogen-bond donors (Lipinski definition) is 1. The maximum Gasteiger partial charge on any atom is 0.135 e. The van der Waals surface area contributed by atoms with Gasteiger partial charge in [-0.1, -0.05) is 23.7 Å². The summed E-state index contributed by atoms with van der Waals surface area (Å²) in [6.45, 7) is 2.59. The number of nitrogens with two attached hydrogens (primary N) is 1. The van der Waals surface area contributed by atoms with E-state index >= 15 is 0 Å². The van der Waals surface area contributed by atoms with E-state index in [1.165, 1.54) is 5.56 Å². The monoisotopic (exact) mass is 271 g/mol. The minimum Gasteiger partial charge on any atom is -0.456 e. The Kier molecular flexibility index (Phi) is 3.05. The van der Waals surface area contributed by atoms with Crippen LogP contribution in [0.1, 0.15) is 11.1 Å². The fourth-order valence-electron chi connectivity index (χ4n) is 2.21. The molecule has 0 spiro atoms. The first kappa shape index (κ1) is 12.3. The van der Waals surface area contributed by atoms with Gasteiger partial charge in [-0.05, 0) is 48.4 Å². The molecule has 96 valence electrons. The molecule has 1 heterocycles. The van der Waals surface area contributed by atoms with Gasteiger partial charge in [-0.3, -0.25) is 0 Å². The Hall–Kier alpha value is -1.77. The summed E-state index contributed by atoms with van der Waals surface area (Å²) < 4.78 is 5.89. The molecule has 3 aromatic rings. The average molecular weight is 272 g/mol. The Morgan fingerprint density at radius 2 is 1.95 bits per heavy atom. The van der Waals surface area contributed by atoms with E-state index in [1.54, 1.807) is 0 Å². The van der Waals surface area contributed by atoms with Gasteiger partial charge in [-0.25, -0.2) is 0 Å². The van der Waals surface area contributed by atoms with Crippen molar-refractivity contribution in [1.82, 2.24) is 0 Å². The molecule has 0 saturated heterocycles. The second kappa shape index (κ2) is 4.72. The maximum absolute atomic E-state index is 5.99. The van der Waals surface area contributed by atoms with Crippen molar-refractivity contribution < 1.29 is 4.42 Å². The first-order valence-corrected chi connectivity index (χ1v) is 6.54. The lowest BCUT2D eigenvalue weighted by Crippen LogP contribution is -1.96. The lowest BCUT2D eigenvalue weighted by molar-refractivity contribution is 0.631. The second-order valence-electron chi connectivity index (χ2n) is 4.65. The van der Waals surface area contributed by atoms with E-state index < -0.39 is 0 Å². The first-order valence-electron chi connectivity index (χ1n) is 6.16. The molecule has 3 heteroatoms. The summed E-state index contributed by atoms with van der Waals surface area (Å²) in [6, 6.07) is 13.8. The second-order valence-corrected chi connectivity index (χ2v) is 5.08. The summed E-state index contributed by atoms with van der Waals surface area (Å²) in [5.41, 5.74) is 9.88. The minimum absolute atomic E-state index is 0.527. The highest BCUT2D eigenvalue weighted by Gasteiger charge is 2.09. The van der Waals surface area contributed by atoms with E-state index in [0.717, 1.165) is 27.9 Å². The zero-order valence-corrected chi connectivity index (χ0v) is 11.4. The van der Waals surface area contributed by atoms with Crippen molar-refractivity contribution in [2.24, 2.45) is 5.73 Å². The zero-order valence-electron chi connectivity index (χ0n) is 10.6. The molecule has 19 heavy (non-hydrogen) atoms. The van der Waals surface area contributed by atoms with Crippen LogP contribution in [-0.2, 0) is 6.54 Å². The van der Waals surface area contributed by atoms with E-state index in [1.807, 2.05) is 30.3 Å². The molecule has 0 aliphatic heterocycles. The SMILES string of the molecule is Cc1ccc(CN)cc1-c1cc2cc(Cl)ccc2o1. The molecule has 3 rings (SSSR count). The van der Waals surface area contributed by atoms with E-state index in [-0.39, 0.29) is 0 Å². The standard InChI is InChI=1S/C16H14ClNO/c1-10-2-3-11(9-18)6-14(10)16-8-12-7-13(17)4-5-15(12)19-16/h2-8H,9,18H2,1H3. The largest absolute Gasteiger partial charge is 0.456 e.